The fraction of sp³-hybridized carbons (Fsp3) is 0.208. The van der Waals surface area contributed by atoms with Crippen molar-refractivity contribution in [2.45, 2.75) is 32.4 Å². The number of oxazole rings is 1. The number of benzene rings is 2. The van der Waals surface area contributed by atoms with Crippen LogP contribution in [-0.2, 0) is 19.5 Å². The average Bonchev–Trinajstić information content (AvgIpc) is 3.58. The molecule has 4 heterocycles. The molecule has 1 aliphatic rings. The molecule has 35 heavy (non-hydrogen) atoms. The van der Waals surface area contributed by atoms with E-state index in [0.717, 1.165) is 37.5 Å². The third-order valence-electron chi connectivity index (χ3n) is 5.87. The number of carbonyl (C=O) groups is 1. The van der Waals surface area contributed by atoms with Crippen molar-refractivity contribution in [3.8, 4) is 11.5 Å². The maximum Gasteiger partial charge on any atom is 0.323 e. The van der Waals surface area contributed by atoms with Crippen molar-refractivity contribution >= 4 is 28.5 Å². The number of fused-ring (bicyclic) bond motifs is 2. The number of hydrogen-bond donors (Lipinski definition) is 2. The summed E-state index contributed by atoms with van der Waals surface area (Å²) >= 11 is 0. The highest BCUT2D eigenvalue weighted by atomic mass is 19.1. The Bertz CT molecular complexity index is 1520. The van der Waals surface area contributed by atoms with Gasteiger partial charge in [-0.25, -0.2) is 14.2 Å². The first-order valence-corrected chi connectivity index (χ1v) is 11.3. The summed E-state index contributed by atoms with van der Waals surface area (Å²) in [7, 11) is 0. The molecule has 0 bridgehead atoms. The van der Waals surface area contributed by atoms with Gasteiger partial charge in [0.05, 0.1) is 11.9 Å². The van der Waals surface area contributed by atoms with Crippen LogP contribution in [0.25, 0.3) is 22.6 Å². The number of amides is 2. The normalized spacial score (nSPS) is 13.1. The Morgan fingerprint density at radius 1 is 1.06 bits per heavy atom. The Balaban J connectivity index is 1.11. The zero-order valence-corrected chi connectivity index (χ0v) is 18.6. The quantitative estimate of drug-likeness (QED) is 0.390. The first-order valence-electron chi connectivity index (χ1n) is 11.3. The number of nitrogens with one attached hydrogen (secondary N) is 2. The molecule has 0 aliphatic carbocycles. The zero-order valence-electron chi connectivity index (χ0n) is 18.6. The molecule has 10 nitrogen and oxygen atoms in total. The minimum Gasteiger partial charge on any atom is -0.436 e. The molecule has 0 fully saturated rings. The van der Waals surface area contributed by atoms with E-state index < -0.39 is 6.03 Å². The van der Waals surface area contributed by atoms with Crippen LogP contribution < -0.4 is 10.6 Å². The first kappa shape index (κ1) is 21.0. The molecular formula is C24H21FN8O2. The summed E-state index contributed by atoms with van der Waals surface area (Å²) in [6.07, 6.45) is 6.55. The van der Waals surface area contributed by atoms with Crippen LogP contribution in [0.4, 0.5) is 20.6 Å². The molecule has 2 aromatic carbocycles. The van der Waals surface area contributed by atoms with Crippen molar-refractivity contribution in [2.75, 3.05) is 10.6 Å². The Morgan fingerprint density at radius 3 is 2.80 bits per heavy atom. The molecule has 0 unspecified atom stereocenters. The molecule has 1 aliphatic heterocycles. The second-order valence-electron chi connectivity index (χ2n) is 8.36. The van der Waals surface area contributed by atoms with Gasteiger partial charge in [-0.1, -0.05) is 0 Å². The largest absolute Gasteiger partial charge is 0.436 e. The maximum absolute atomic E-state index is 13.2. The third-order valence-corrected chi connectivity index (χ3v) is 5.87. The highest BCUT2D eigenvalue weighted by molar-refractivity contribution is 6.00. The van der Waals surface area contributed by atoms with E-state index in [2.05, 4.69) is 35.5 Å². The monoisotopic (exact) mass is 472 g/mol. The number of carbonyl (C=O) groups excluding carboxylic acids is 1. The van der Waals surface area contributed by atoms with Crippen LogP contribution >= 0.6 is 0 Å². The number of aryl methyl sites for hydroxylation is 1. The molecule has 11 heteroatoms. The number of anilines is 2. The third kappa shape index (κ3) is 4.35. The molecule has 0 spiro atoms. The summed E-state index contributed by atoms with van der Waals surface area (Å²) in [6, 6.07) is 10.7. The lowest BCUT2D eigenvalue weighted by Gasteiger charge is -2.14. The molecule has 0 saturated carbocycles. The summed E-state index contributed by atoms with van der Waals surface area (Å²) in [5, 5.41) is 18.4. The first-order chi connectivity index (χ1) is 17.1. The van der Waals surface area contributed by atoms with Gasteiger partial charge >= 0.3 is 6.03 Å². The lowest BCUT2D eigenvalue weighted by Crippen LogP contribution is -2.19. The minimum atomic E-state index is -0.415. The minimum absolute atomic E-state index is 0.328. The standard InChI is InChI=1S/C24H21FN8O2/c25-16-6-4-15(5-7-16)23-29-19-9-8-17(11-20(19)35-23)27-24(34)28-18-12-26-32(13-18)14-22-31-30-21-3-1-2-10-33(21)22/h4-9,11-13H,1-3,10,14H2,(H2,27,28,34). The van der Waals surface area contributed by atoms with Crippen LogP contribution in [0.15, 0.2) is 59.3 Å². The Hall–Kier alpha value is -4.54. The van der Waals surface area contributed by atoms with Gasteiger partial charge in [-0.15, -0.1) is 10.2 Å². The molecule has 0 atom stereocenters. The Morgan fingerprint density at radius 2 is 1.91 bits per heavy atom. The fourth-order valence-electron chi connectivity index (χ4n) is 4.16. The van der Waals surface area contributed by atoms with Crippen LogP contribution in [0.2, 0.25) is 0 Å². The van der Waals surface area contributed by atoms with Gasteiger partial charge in [-0.2, -0.15) is 5.10 Å². The highest BCUT2D eigenvalue weighted by Crippen LogP contribution is 2.26. The number of urea groups is 1. The van der Waals surface area contributed by atoms with E-state index in [1.807, 2.05) is 0 Å². The topological polar surface area (TPSA) is 116 Å². The molecular weight excluding hydrogens is 451 g/mol. The second-order valence-corrected chi connectivity index (χ2v) is 8.36. The van der Waals surface area contributed by atoms with Gasteiger partial charge in [0.1, 0.15) is 23.7 Å². The van der Waals surface area contributed by atoms with E-state index in [0.29, 0.717) is 40.5 Å². The van der Waals surface area contributed by atoms with E-state index in [4.69, 9.17) is 4.42 Å². The molecule has 2 amide bonds. The summed E-state index contributed by atoms with van der Waals surface area (Å²) in [4.78, 5) is 16.9. The van der Waals surface area contributed by atoms with Crippen LogP contribution in [0, 0.1) is 5.82 Å². The number of aromatic nitrogens is 6. The van der Waals surface area contributed by atoms with Crippen LogP contribution in [-0.4, -0.2) is 35.6 Å². The lowest BCUT2D eigenvalue weighted by molar-refractivity contribution is 0.262. The van der Waals surface area contributed by atoms with Gasteiger partial charge < -0.3 is 19.6 Å². The summed E-state index contributed by atoms with van der Waals surface area (Å²) in [6.45, 7) is 1.40. The molecule has 5 aromatic rings. The molecule has 3 aromatic heterocycles. The van der Waals surface area contributed by atoms with Gasteiger partial charge in [-0.05, 0) is 49.2 Å². The summed E-state index contributed by atoms with van der Waals surface area (Å²) in [5.41, 5.74) is 2.90. The van der Waals surface area contributed by atoms with Crippen molar-refractivity contribution in [3.63, 3.8) is 0 Å². The van der Waals surface area contributed by atoms with Crippen molar-refractivity contribution < 1.29 is 13.6 Å². The number of hydrogen-bond acceptors (Lipinski definition) is 6. The predicted molar refractivity (Wildman–Crippen MR) is 126 cm³/mol. The van der Waals surface area contributed by atoms with Crippen molar-refractivity contribution in [3.05, 3.63) is 72.3 Å². The van der Waals surface area contributed by atoms with Crippen LogP contribution in [0.5, 0.6) is 0 Å². The molecule has 6 rings (SSSR count). The second kappa shape index (κ2) is 8.67. The Labute approximate surface area is 198 Å². The van der Waals surface area contributed by atoms with E-state index in [1.165, 1.54) is 12.1 Å². The SMILES string of the molecule is O=C(Nc1ccc2nc(-c3ccc(F)cc3)oc2c1)Nc1cnn(Cc2nnc3n2CCCC3)c1. The van der Waals surface area contributed by atoms with Gasteiger partial charge in [0.15, 0.2) is 11.4 Å². The molecule has 2 N–H and O–H groups in total. The number of nitrogens with zero attached hydrogens (tertiary/aromatic N) is 6. The van der Waals surface area contributed by atoms with Crippen molar-refractivity contribution in [1.82, 2.24) is 29.5 Å². The summed E-state index contributed by atoms with van der Waals surface area (Å²) in [5.74, 6) is 1.93. The average molecular weight is 472 g/mol. The van der Waals surface area contributed by atoms with E-state index in [1.54, 1.807) is 47.4 Å². The van der Waals surface area contributed by atoms with Gasteiger partial charge in [-0.3, -0.25) is 4.68 Å². The molecule has 0 radical (unpaired) electrons. The van der Waals surface area contributed by atoms with Crippen LogP contribution in [0.1, 0.15) is 24.5 Å². The molecule has 176 valence electrons. The number of halogens is 1. The molecule has 0 saturated heterocycles. The number of rotatable bonds is 5. The lowest BCUT2D eigenvalue weighted by atomic mass is 10.2. The van der Waals surface area contributed by atoms with Gasteiger partial charge in [0, 0.05) is 36.5 Å². The Kier molecular flexibility index (Phi) is 5.21. The highest BCUT2D eigenvalue weighted by Gasteiger charge is 2.16. The summed E-state index contributed by atoms with van der Waals surface area (Å²) < 4.78 is 22.8. The van der Waals surface area contributed by atoms with Crippen molar-refractivity contribution in [1.29, 1.82) is 0 Å². The predicted octanol–water partition coefficient (Wildman–Crippen LogP) is 4.45. The van der Waals surface area contributed by atoms with Crippen molar-refractivity contribution in [2.24, 2.45) is 0 Å². The van der Waals surface area contributed by atoms with Gasteiger partial charge in [0.2, 0.25) is 5.89 Å². The van der Waals surface area contributed by atoms with Gasteiger partial charge in [0.25, 0.3) is 0 Å². The fourth-order valence-corrected chi connectivity index (χ4v) is 4.16. The smallest absolute Gasteiger partial charge is 0.323 e. The van der Waals surface area contributed by atoms with E-state index >= 15 is 0 Å². The van der Waals surface area contributed by atoms with Crippen LogP contribution in [0.3, 0.4) is 0 Å². The van der Waals surface area contributed by atoms with E-state index in [9.17, 15) is 9.18 Å². The van der Waals surface area contributed by atoms with E-state index in [-0.39, 0.29) is 5.82 Å². The zero-order chi connectivity index (χ0) is 23.8. The maximum atomic E-state index is 13.2.